The zero-order valence-electron chi connectivity index (χ0n) is 16.6. The standard InChI is InChI=1S/C22H30N2O2/c1-14(2)20(22(25)26-6)24-19-10-8-7-9-18(19)13-23-21-16(4)11-15(3)12-17(21)5/h7-12,14,20,23-24H,13H2,1-6H3. The third-order valence-corrected chi connectivity index (χ3v) is 4.58. The summed E-state index contributed by atoms with van der Waals surface area (Å²) in [6.07, 6.45) is 0. The van der Waals surface area contributed by atoms with Crippen molar-refractivity contribution in [3.8, 4) is 0 Å². The number of ether oxygens (including phenoxy) is 1. The minimum atomic E-state index is -0.371. The molecule has 0 aliphatic carbocycles. The molecule has 4 heteroatoms. The van der Waals surface area contributed by atoms with Crippen LogP contribution in [-0.4, -0.2) is 19.1 Å². The Morgan fingerprint density at radius 1 is 1.08 bits per heavy atom. The van der Waals surface area contributed by atoms with Gasteiger partial charge in [0.05, 0.1) is 7.11 Å². The molecule has 0 fully saturated rings. The molecule has 0 spiro atoms. The summed E-state index contributed by atoms with van der Waals surface area (Å²) in [5, 5.41) is 6.91. The minimum absolute atomic E-state index is 0.130. The summed E-state index contributed by atoms with van der Waals surface area (Å²) in [6.45, 7) is 11.1. The zero-order chi connectivity index (χ0) is 19.3. The number of hydrogen-bond donors (Lipinski definition) is 2. The maximum atomic E-state index is 12.1. The molecule has 2 N–H and O–H groups in total. The van der Waals surface area contributed by atoms with E-state index in [1.165, 1.54) is 29.5 Å². The average molecular weight is 354 g/mol. The van der Waals surface area contributed by atoms with Gasteiger partial charge in [-0.1, -0.05) is 49.7 Å². The van der Waals surface area contributed by atoms with Crippen LogP contribution in [0.3, 0.4) is 0 Å². The van der Waals surface area contributed by atoms with E-state index in [1.54, 1.807) is 0 Å². The number of methoxy groups -OCH3 is 1. The molecule has 0 heterocycles. The normalized spacial score (nSPS) is 12.0. The van der Waals surface area contributed by atoms with Crippen LogP contribution in [0.2, 0.25) is 0 Å². The fourth-order valence-corrected chi connectivity index (χ4v) is 3.25. The number of para-hydroxylation sites is 1. The van der Waals surface area contributed by atoms with E-state index in [9.17, 15) is 4.79 Å². The Morgan fingerprint density at radius 2 is 1.69 bits per heavy atom. The van der Waals surface area contributed by atoms with E-state index < -0.39 is 0 Å². The van der Waals surface area contributed by atoms with Crippen molar-refractivity contribution in [2.45, 2.75) is 47.2 Å². The number of esters is 1. The molecule has 0 aromatic heterocycles. The van der Waals surface area contributed by atoms with Gasteiger partial charge < -0.3 is 15.4 Å². The predicted octanol–water partition coefficient (Wildman–Crippen LogP) is 4.83. The summed E-state index contributed by atoms with van der Waals surface area (Å²) in [4.78, 5) is 12.1. The molecule has 2 rings (SSSR count). The van der Waals surface area contributed by atoms with E-state index in [0.717, 1.165) is 11.3 Å². The number of anilines is 2. The number of benzene rings is 2. The van der Waals surface area contributed by atoms with Crippen molar-refractivity contribution in [2.24, 2.45) is 5.92 Å². The van der Waals surface area contributed by atoms with E-state index in [-0.39, 0.29) is 17.9 Å². The van der Waals surface area contributed by atoms with Gasteiger partial charge in [-0.3, -0.25) is 0 Å². The van der Waals surface area contributed by atoms with E-state index >= 15 is 0 Å². The minimum Gasteiger partial charge on any atom is -0.467 e. The molecule has 26 heavy (non-hydrogen) atoms. The molecule has 140 valence electrons. The molecule has 0 bridgehead atoms. The first kappa shape index (κ1) is 19.8. The van der Waals surface area contributed by atoms with Gasteiger partial charge in [0.15, 0.2) is 0 Å². The van der Waals surface area contributed by atoms with Crippen molar-refractivity contribution >= 4 is 17.3 Å². The molecule has 0 saturated carbocycles. The van der Waals surface area contributed by atoms with Gasteiger partial charge in [-0.15, -0.1) is 0 Å². The SMILES string of the molecule is COC(=O)C(Nc1ccccc1CNc1c(C)cc(C)cc1C)C(C)C. The lowest BCUT2D eigenvalue weighted by Crippen LogP contribution is -2.35. The quantitative estimate of drug-likeness (QED) is 0.699. The van der Waals surface area contributed by atoms with Crippen LogP contribution in [0.4, 0.5) is 11.4 Å². The van der Waals surface area contributed by atoms with E-state index in [0.29, 0.717) is 6.54 Å². The van der Waals surface area contributed by atoms with Crippen LogP contribution >= 0.6 is 0 Å². The van der Waals surface area contributed by atoms with E-state index in [1.807, 2.05) is 32.0 Å². The summed E-state index contributed by atoms with van der Waals surface area (Å²) < 4.78 is 4.94. The Kier molecular flexibility index (Phi) is 6.67. The topological polar surface area (TPSA) is 50.4 Å². The van der Waals surface area contributed by atoms with Crippen LogP contribution in [0.1, 0.15) is 36.1 Å². The molecule has 2 aromatic rings. The first-order valence-electron chi connectivity index (χ1n) is 9.07. The molecule has 1 unspecified atom stereocenters. The largest absolute Gasteiger partial charge is 0.467 e. The van der Waals surface area contributed by atoms with Gasteiger partial charge >= 0.3 is 5.97 Å². The Balaban J connectivity index is 2.20. The van der Waals surface area contributed by atoms with Crippen LogP contribution in [0.25, 0.3) is 0 Å². The molecular formula is C22H30N2O2. The van der Waals surface area contributed by atoms with Gasteiger partial charge in [-0.2, -0.15) is 0 Å². The lowest BCUT2D eigenvalue weighted by atomic mass is 10.0. The molecule has 4 nitrogen and oxygen atoms in total. The Hall–Kier alpha value is -2.49. The smallest absolute Gasteiger partial charge is 0.328 e. The first-order chi connectivity index (χ1) is 12.3. The highest BCUT2D eigenvalue weighted by molar-refractivity contribution is 5.80. The predicted molar refractivity (Wildman–Crippen MR) is 109 cm³/mol. The third-order valence-electron chi connectivity index (χ3n) is 4.58. The molecule has 1 atom stereocenters. The van der Waals surface area contributed by atoms with Crippen molar-refractivity contribution in [3.05, 3.63) is 58.7 Å². The lowest BCUT2D eigenvalue weighted by Gasteiger charge is -2.23. The number of carbonyl (C=O) groups is 1. The first-order valence-corrected chi connectivity index (χ1v) is 9.07. The molecule has 0 aliphatic heterocycles. The summed E-state index contributed by atoms with van der Waals surface area (Å²) >= 11 is 0. The van der Waals surface area contributed by atoms with Gasteiger partial charge in [-0.25, -0.2) is 4.79 Å². The Bertz CT molecular complexity index is 745. The second kappa shape index (κ2) is 8.75. The number of hydrogen-bond acceptors (Lipinski definition) is 4. The van der Waals surface area contributed by atoms with Gasteiger partial charge in [0.25, 0.3) is 0 Å². The van der Waals surface area contributed by atoms with Gasteiger partial charge in [-0.05, 0) is 49.4 Å². The lowest BCUT2D eigenvalue weighted by molar-refractivity contribution is -0.142. The fraction of sp³-hybridized carbons (Fsp3) is 0.409. The summed E-state index contributed by atoms with van der Waals surface area (Å²) in [6, 6.07) is 12.1. The van der Waals surface area contributed by atoms with Crippen molar-refractivity contribution in [1.29, 1.82) is 0 Å². The summed E-state index contributed by atoms with van der Waals surface area (Å²) in [5.74, 6) is -0.113. The second-order valence-electron chi connectivity index (χ2n) is 7.17. The third kappa shape index (κ3) is 4.78. The van der Waals surface area contributed by atoms with E-state index in [4.69, 9.17) is 4.74 Å². The number of nitrogens with one attached hydrogen (secondary N) is 2. The number of aryl methyl sites for hydroxylation is 3. The highest BCUT2D eigenvalue weighted by Gasteiger charge is 2.23. The maximum absolute atomic E-state index is 12.1. The van der Waals surface area contributed by atoms with Crippen molar-refractivity contribution in [1.82, 2.24) is 0 Å². The monoisotopic (exact) mass is 354 g/mol. The van der Waals surface area contributed by atoms with E-state index in [2.05, 4.69) is 49.6 Å². The van der Waals surface area contributed by atoms with Crippen LogP contribution in [0.5, 0.6) is 0 Å². The van der Waals surface area contributed by atoms with Crippen LogP contribution in [-0.2, 0) is 16.1 Å². The Morgan fingerprint density at radius 3 is 2.27 bits per heavy atom. The van der Waals surface area contributed by atoms with Crippen molar-refractivity contribution in [2.75, 3.05) is 17.7 Å². The fourth-order valence-electron chi connectivity index (χ4n) is 3.25. The molecule has 0 saturated heterocycles. The molecular weight excluding hydrogens is 324 g/mol. The molecule has 0 radical (unpaired) electrons. The zero-order valence-corrected chi connectivity index (χ0v) is 16.6. The average Bonchev–Trinajstić information content (AvgIpc) is 2.58. The van der Waals surface area contributed by atoms with Crippen LogP contribution < -0.4 is 10.6 Å². The number of carbonyl (C=O) groups excluding carboxylic acids is 1. The highest BCUT2D eigenvalue weighted by atomic mass is 16.5. The molecule has 2 aromatic carbocycles. The number of rotatable bonds is 7. The van der Waals surface area contributed by atoms with Gasteiger partial charge in [0, 0.05) is 17.9 Å². The van der Waals surface area contributed by atoms with Gasteiger partial charge in [0.1, 0.15) is 6.04 Å². The Labute approximate surface area is 157 Å². The van der Waals surface area contributed by atoms with Crippen molar-refractivity contribution in [3.63, 3.8) is 0 Å². The maximum Gasteiger partial charge on any atom is 0.328 e. The summed E-state index contributed by atoms with van der Waals surface area (Å²) in [5.41, 5.74) is 6.97. The second-order valence-corrected chi connectivity index (χ2v) is 7.17. The van der Waals surface area contributed by atoms with Crippen LogP contribution in [0.15, 0.2) is 36.4 Å². The summed E-state index contributed by atoms with van der Waals surface area (Å²) in [7, 11) is 1.43. The molecule has 0 amide bonds. The highest BCUT2D eigenvalue weighted by Crippen LogP contribution is 2.25. The van der Waals surface area contributed by atoms with Crippen LogP contribution in [0, 0.1) is 26.7 Å². The molecule has 0 aliphatic rings. The van der Waals surface area contributed by atoms with Gasteiger partial charge in [0.2, 0.25) is 0 Å². The van der Waals surface area contributed by atoms with Crippen molar-refractivity contribution < 1.29 is 9.53 Å².